The van der Waals surface area contributed by atoms with Crippen LogP contribution in [0.15, 0.2) is 24.3 Å². The van der Waals surface area contributed by atoms with Crippen LogP contribution in [0.3, 0.4) is 0 Å². The second-order valence-corrected chi connectivity index (χ2v) is 14.5. The Labute approximate surface area is 288 Å². The summed E-state index contributed by atoms with van der Waals surface area (Å²) in [5, 5.41) is 3.88. The molecular formula is C37H51N5O7. The van der Waals surface area contributed by atoms with Gasteiger partial charge in [0, 0.05) is 31.4 Å². The summed E-state index contributed by atoms with van der Waals surface area (Å²) in [5.41, 5.74) is 7.60. The van der Waals surface area contributed by atoms with Crippen LogP contribution in [0.2, 0.25) is 0 Å². The smallest absolute Gasteiger partial charge is 0.408 e. The van der Waals surface area contributed by atoms with Crippen molar-refractivity contribution in [1.82, 2.24) is 20.1 Å². The minimum atomic E-state index is -0.857. The van der Waals surface area contributed by atoms with Gasteiger partial charge in [-0.2, -0.15) is 0 Å². The Kier molecular flexibility index (Phi) is 10.7. The van der Waals surface area contributed by atoms with Crippen LogP contribution in [0.4, 0.5) is 4.79 Å². The standard InChI is InChI=1S/C37H51N5O7/c38-34(43)30-22-26-23-42(30)36(44)32(24-9-3-1-4-10-24)40-37(45)49-31-21-25(31)11-5-2-6-13-28-33(47-20-17-41-15-18-46-19-16-41)27-12-7-8-14-29(27)39-35(28)48-26/h7-8,12,14,24-26,30-32H,1-6,9-11,13,15-23H2,(H2,38,43)(H,40,45)/t25-,26-,30+,31-,32+/m1/s1. The van der Waals surface area contributed by atoms with Crippen molar-refractivity contribution in [3.8, 4) is 11.6 Å². The largest absolute Gasteiger partial charge is 0.491 e. The lowest BCUT2D eigenvalue weighted by Gasteiger charge is -2.34. The van der Waals surface area contributed by atoms with E-state index < -0.39 is 30.2 Å². The molecule has 1 aromatic carbocycles. The molecule has 2 aromatic rings. The lowest BCUT2D eigenvalue weighted by atomic mass is 9.83. The lowest BCUT2D eigenvalue weighted by molar-refractivity contribution is -0.140. The maximum atomic E-state index is 14.3. The molecule has 0 unspecified atom stereocenters. The highest BCUT2D eigenvalue weighted by Gasteiger charge is 2.46. The van der Waals surface area contributed by atoms with Gasteiger partial charge in [-0.3, -0.25) is 14.5 Å². The number of hydrogen-bond acceptors (Lipinski definition) is 9. The first-order valence-electron chi connectivity index (χ1n) is 18.5. The fourth-order valence-electron chi connectivity index (χ4n) is 8.22. The molecule has 49 heavy (non-hydrogen) atoms. The molecule has 12 nitrogen and oxygen atoms in total. The molecule has 1 aromatic heterocycles. The molecule has 7 rings (SSSR count). The van der Waals surface area contributed by atoms with Crippen molar-refractivity contribution < 1.29 is 33.3 Å². The number of ether oxygens (including phenoxy) is 4. The molecule has 2 saturated carbocycles. The summed E-state index contributed by atoms with van der Waals surface area (Å²) in [6, 6.07) is 6.32. The van der Waals surface area contributed by atoms with Crippen LogP contribution in [-0.2, 0) is 25.5 Å². The molecule has 2 aliphatic carbocycles. The number of nitrogens with zero attached hydrogens (tertiary/aromatic N) is 3. The predicted octanol–water partition coefficient (Wildman–Crippen LogP) is 3.96. The van der Waals surface area contributed by atoms with E-state index in [1.807, 2.05) is 24.3 Å². The molecule has 3 N–H and O–H groups in total. The highest BCUT2D eigenvalue weighted by atomic mass is 16.6. The Balaban J connectivity index is 1.19. The molecule has 3 aliphatic heterocycles. The molecule has 3 amide bonds. The van der Waals surface area contributed by atoms with Crippen LogP contribution >= 0.6 is 0 Å². The summed E-state index contributed by atoms with van der Waals surface area (Å²) in [7, 11) is 0. The quantitative estimate of drug-likeness (QED) is 0.464. The zero-order chi connectivity index (χ0) is 33.7. The summed E-state index contributed by atoms with van der Waals surface area (Å²) >= 11 is 0. The van der Waals surface area contributed by atoms with E-state index in [0.717, 1.165) is 119 Å². The summed E-state index contributed by atoms with van der Waals surface area (Å²) in [5.74, 6) is 0.690. The minimum absolute atomic E-state index is 0.0335. The van der Waals surface area contributed by atoms with Gasteiger partial charge in [-0.1, -0.05) is 44.2 Å². The van der Waals surface area contributed by atoms with Gasteiger partial charge in [0.2, 0.25) is 17.7 Å². The van der Waals surface area contributed by atoms with Gasteiger partial charge in [0.15, 0.2) is 0 Å². The number of fused-ring (bicyclic) bond motifs is 5. The molecule has 5 aliphatic rings. The van der Waals surface area contributed by atoms with Crippen molar-refractivity contribution in [2.24, 2.45) is 17.6 Å². The Morgan fingerprint density at radius 3 is 2.51 bits per heavy atom. The molecule has 0 spiro atoms. The first-order chi connectivity index (χ1) is 23.9. The number of morpholine rings is 1. The fourth-order valence-corrected chi connectivity index (χ4v) is 8.22. The fraction of sp³-hybridized carbons (Fsp3) is 0.676. The molecule has 4 heterocycles. The van der Waals surface area contributed by atoms with E-state index in [-0.39, 0.29) is 30.9 Å². The Bertz CT molecular complexity index is 1490. The monoisotopic (exact) mass is 677 g/mol. The maximum absolute atomic E-state index is 14.3. The van der Waals surface area contributed by atoms with Gasteiger partial charge >= 0.3 is 6.09 Å². The lowest BCUT2D eigenvalue weighted by Crippen LogP contribution is -2.56. The van der Waals surface area contributed by atoms with Crippen molar-refractivity contribution in [2.75, 3.05) is 46.0 Å². The third-order valence-electron chi connectivity index (χ3n) is 11.1. The van der Waals surface area contributed by atoms with E-state index >= 15 is 0 Å². The van der Waals surface area contributed by atoms with Gasteiger partial charge in [0.05, 0.1) is 30.8 Å². The van der Waals surface area contributed by atoms with Gasteiger partial charge in [-0.05, 0) is 62.5 Å². The number of rotatable bonds is 6. The zero-order valence-corrected chi connectivity index (χ0v) is 28.5. The number of para-hydroxylation sites is 1. The van der Waals surface area contributed by atoms with E-state index in [1.54, 1.807) is 0 Å². The van der Waals surface area contributed by atoms with Gasteiger partial charge in [0.1, 0.15) is 36.6 Å². The average Bonchev–Trinajstić information content (AvgIpc) is 3.70. The van der Waals surface area contributed by atoms with Crippen LogP contribution < -0.4 is 20.5 Å². The Morgan fingerprint density at radius 1 is 0.959 bits per heavy atom. The number of nitrogens with two attached hydrogens (primary N) is 1. The van der Waals surface area contributed by atoms with E-state index in [0.29, 0.717) is 24.8 Å². The normalized spacial score (nSPS) is 29.1. The maximum Gasteiger partial charge on any atom is 0.408 e. The second kappa shape index (κ2) is 15.5. The third-order valence-corrected chi connectivity index (χ3v) is 11.1. The van der Waals surface area contributed by atoms with Crippen molar-refractivity contribution in [3.63, 3.8) is 0 Å². The van der Waals surface area contributed by atoms with E-state index in [9.17, 15) is 14.4 Å². The van der Waals surface area contributed by atoms with Crippen LogP contribution in [0, 0.1) is 11.8 Å². The van der Waals surface area contributed by atoms with Crippen LogP contribution in [0.1, 0.15) is 76.2 Å². The number of aromatic nitrogens is 1. The van der Waals surface area contributed by atoms with E-state index in [1.165, 1.54) is 4.90 Å². The van der Waals surface area contributed by atoms with Crippen molar-refractivity contribution in [1.29, 1.82) is 0 Å². The Hall–Kier alpha value is -3.64. The van der Waals surface area contributed by atoms with Crippen molar-refractivity contribution in [2.45, 2.75) is 101 Å². The molecule has 2 bridgehead atoms. The van der Waals surface area contributed by atoms with Crippen molar-refractivity contribution in [3.05, 3.63) is 29.8 Å². The van der Waals surface area contributed by atoms with E-state index in [4.69, 9.17) is 29.7 Å². The van der Waals surface area contributed by atoms with Gasteiger partial charge in [0.25, 0.3) is 0 Å². The number of amides is 3. The second-order valence-electron chi connectivity index (χ2n) is 14.5. The molecule has 4 fully saturated rings. The first-order valence-corrected chi connectivity index (χ1v) is 18.5. The SMILES string of the molecule is NC(=O)[C@@H]1C[C@@H]2CN1C(=O)[C@H](C1CCCCC1)NC(=O)O[C@@H]1C[C@H]1CCCCCc1c(nc3ccccc3c1OCCN1CCOCC1)O2. The van der Waals surface area contributed by atoms with Gasteiger partial charge < -0.3 is 34.9 Å². The zero-order valence-electron chi connectivity index (χ0n) is 28.5. The van der Waals surface area contributed by atoms with E-state index in [2.05, 4.69) is 10.2 Å². The van der Waals surface area contributed by atoms with Crippen LogP contribution in [0.25, 0.3) is 10.9 Å². The number of hydrogen-bond donors (Lipinski definition) is 2. The number of alkyl carbamates (subject to hydrolysis) is 1. The summed E-state index contributed by atoms with van der Waals surface area (Å²) < 4.78 is 24.7. The highest BCUT2D eigenvalue weighted by Crippen LogP contribution is 2.40. The molecule has 0 radical (unpaired) electrons. The first kappa shape index (κ1) is 33.8. The average molecular weight is 678 g/mol. The molecule has 5 atom stereocenters. The molecule has 266 valence electrons. The number of benzene rings is 1. The van der Waals surface area contributed by atoms with Gasteiger partial charge in [-0.15, -0.1) is 0 Å². The van der Waals surface area contributed by atoms with Crippen LogP contribution in [0.5, 0.6) is 11.6 Å². The number of nitrogens with one attached hydrogen (secondary N) is 1. The highest BCUT2D eigenvalue weighted by molar-refractivity contribution is 5.92. The van der Waals surface area contributed by atoms with Crippen molar-refractivity contribution >= 4 is 28.8 Å². The number of carbonyl (C=O) groups is 3. The molecular weight excluding hydrogens is 626 g/mol. The number of pyridine rings is 1. The summed E-state index contributed by atoms with van der Waals surface area (Å²) in [6.07, 6.45) is 9.31. The number of carbonyl (C=O) groups excluding carboxylic acids is 3. The number of primary amides is 1. The van der Waals surface area contributed by atoms with Gasteiger partial charge in [-0.25, -0.2) is 9.78 Å². The van der Waals surface area contributed by atoms with Crippen LogP contribution in [-0.4, -0.2) is 103 Å². The predicted molar refractivity (Wildman–Crippen MR) is 182 cm³/mol. The molecule has 12 heteroatoms. The third kappa shape index (κ3) is 8.06. The summed E-state index contributed by atoms with van der Waals surface area (Å²) in [6.45, 7) is 4.71. The molecule has 2 saturated heterocycles. The summed E-state index contributed by atoms with van der Waals surface area (Å²) in [4.78, 5) is 49.2. The minimum Gasteiger partial charge on any atom is -0.491 e. The Morgan fingerprint density at radius 2 is 1.71 bits per heavy atom. The topological polar surface area (TPSA) is 146 Å².